The average molecular weight is 373 g/mol. The third-order valence-corrected chi connectivity index (χ3v) is 5.21. The van der Waals surface area contributed by atoms with Crippen LogP contribution in [0.3, 0.4) is 0 Å². The van der Waals surface area contributed by atoms with Crippen LogP contribution in [-0.4, -0.2) is 44.2 Å². The number of ether oxygens (including phenoxy) is 1. The van der Waals surface area contributed by atoms with Gasteiger partial charge in [0.05, 0.1) is 11.7 Å². The number of hydrogen-bond acceptors (Lipinski definition) is 4. The molecule has 1 unspecified atom stereocenters. The van der Waals surface area contributed by atoms with E-state index in [9.17, 15) is 9.59 Å². The molecule has 0 aromatic heterocycles. The van der Waals surface area contributed by atoms with Gasteiger partial charge in [0.1, 0.15) is 0 Å². The van der Waals surface area contributed by atoms with Crippen molar-refractivity contribution in [1.29, 1.82) is 0 Å². The maximum atomic E-state index is 12.9. The molecule has 1 aromatic rings. The summed E-state index contributed by atoms with van der Waals surface area (Å²) >= 11 is 0. The molecular formula is C21H31N3O3. The number of hydrogen-bond donors (Lipinski definition) is 2. The van der Waals surface area contributed by atoms with E-state index in [1.165, 1.54) is 6.42 Å². The Kier molecular flexibility index (Phi) is 7.10. The standard InChI is InChI=1S/C21H31N3O3/c1-2-7-20(25)23-16-9-10-19(24-11-4-3-5-12-24)18(14-16)21(26)22-15-17-8-6-13-27-17/h9-10,14,17H,2-8,11-13,15H2,1H3,(H,22,26)(H,23,25). The summed E-state index contributed by atoms with van der Waals surface area (Å²) in [5, 5.41) is 5.93. The van der Waals surface area contributed by atoms with Gasteiger partial charge < -0.3 is 20.3 Å². The molecule has 1 aromatic carbocycles. The quantitative estimate of drug-likeness (QED) is 0.769. The van der Waals surface area contributed by atoms with Crippen LogP contribution in [0.25, 0.3) is 0 Å². The first-order valence-electron chi connectivity index (χ1n) is 10.3. The van der Waals surface area contributed by atoms with Crippen LogP contribution in [0.4, 0.5) is 11.4 Å². The van der Waals surface area contributed by atoms with Crippen molar-refractivity contribution in [3.05, 3.63) is 23.8 Å². The summed E-state index contributed by atoms with van der Waals surface area (Å²) in [6, 6.07) is 5.67. The van der Waals surface area contributed by atoms with Crippen LogP contribution >= 0.6 is 0 Å². The van der Waals surface area contributed by atoms with E-state index in [0.29, 0.717) is 24.2 Å². The lowest BCUT2D eigenvalue weighted by Gasteiger charge is -2.30. The van der Waals surface area contributed by atoms with Crippen molar-refractivity contribution in [1.82, 2.24) is 5.32 Å². The van der Waals surface area contributed by atoms with E-state index in [1.807, 2.05) is 25.1 Å². The molecule has 3 rings (SSSR count). The average Bonchev–Trinajstić information content (AvgIpc) is 3.20. The topological polar surface area (TPSA) is 70.7 Å². The predicted molar refractivity (Wildman–Crippen MR) is 107 cm³/mol. The van der Waals surface area contributed by atoms with Gasteiger partial charge in [-0.15, -0.1) is 0 Å². The Labute approximate surface area is 161 Å². The molecular weight excluding hydrogens is 342 g/mol. The Morgan fingerprint density at radius 3 is 2.70 bits per heavy atom. The maximum absolute atomic E-state index is 12.9. The van der Waals surface area contributed by atoms with Crippen molar-refractivity contribution in [2.24, 2.45) is 0 Å². The maximum Gasteiger partial charge on any atom is 0.253 e. The lowest BCUT2D eigenvalue weighted by atomic mass is 10.1. The first kappa shape index (κ1) is 19.7. The Bertz CT molecular complexity index is 650. The molecule has 6 heteroatoms. The second-order valence-electron chi connectivity index (χ2n) is 7.42. The van der Waals surface area contributed by atoms with E-state index < -0.39 is 0 Å². The minimum Gasteiger partial charge on any atom is -0.376 e. The predicted octanol–water partition coefficient (Wildman–Crippen LogP) is 3.32. The summed E-state index contributed by atoms with van der Waals surface area (Å²) in [4.78, 5) is 27.1. The van der Waals surface area contributed by atoms with Crippen molar-refractivity contribution in [3.8, 4) is 0 Å². The fraction of sp³-hybridized carbons (Fsp3) is 0.619. The Balaban J connectivity index is 1.76. The molecule has 2 saturated heterocycles. The zero-order chi connectivity index (χ0) is 19.1. The SMILES string of the molecule is CCCC(=O)Nc1ccc(N2CCCCC2)c(C(=O)NCC2CCCO2)c1. The summed E-state index contributed by atoms with van der Waals surface area (Å²) in [6.07, 6.45) is 6.96. The first-order valence-corrected chi connectivity index (χ1v) is 10.3. The summed E-state index contributed by atoms with van der Waals surface area (Å²) in [5.74, 6) is -0.119. The third kappa shape index (κ3) is 5.45. The van der Waals surface area contributed by atoms with E-state index in [4.69, 9.17) is 4.74 Å². The van der Waals surface area contributed by atoms with E-state index in [0.717, 1.165) is 57.5 Å². The highest BCUT2D eigenvalue weighted by Gasteiger charge is 2.21. The van der Waals surface area contributed by atoms with E-state index in [1.54, 1.807) is 0 Å². The number of carbonyl (C=O) groups excluding carboxylic acids is 2. The Morgan fingerprint density at radius 2 is 2.00 bits per heavy atom. The van der Waals surface area contributed by atoms with Crippen molar-refractivity contribution >= 4 is 23.2 Å². The minimum atomic E-state index is -0.0994. The summed E-state index contributed by atoms with van der Waals surface area (Å²) < 4.78 is 5.61. The number of nitrogens with one attached hydrogen (secondary N) is 2. The van der Waals surface area contributed by atoms with E-state index in [-0.39, 0.29) is 17.9 Å². The zero-order valence-electron chi connectivity index (χ0n) is 16.3. The number of rotatable bonds is 7. The lowest BCUT2D eigenvalue weighted by Crippen LogP contribution is -2.35. The molecule has 0 saturated carbocycles. The van der Waals surface area contributed by atoms with Crippen LogP contribution in [-0.2, 0) is 9.53 Å². The smallest absolute Gasteiger partial charge is 0.253 e. The van der Waals surface area contributed by atoms with Crippen LogP contribution < -0.4 is 15.5 Å². The van der Waals surface area contributed by atoms with Crippen LogP contribution in [0.5, 0.6) is 0 Å². The normalized spacial score (nSPS) is 19.7. The molecule has 2 heterocycles. The molecule has 2 amide bonds. The molecule has 2 fully saturated rings. The summed E-state index contributed by atoms with van der Waals surface area (Å²) in [5.41, 5.74) is 2.26. The van der Waals surface area contributed by atoms with Gasteiger partial charge in [0, 0.05) is 44.0 Å². The largest absolute Gasteiger partial charge is 0.376 e. The molecule has 0 bridgehead atoms. The van der Waals surface area contributed by atoms with Gasteiger partial charge in [-0.25, -0.2) is 0 Å². The monoisotopic (exact) mass is 373 g/mol. The molecule has 27 heavy (non-hydrogen) atoms. The molecule has 2 aliphatic rings. The number of anilines is 2. The molecule has 1 atom stereocenters. The third-order valence-electron chi connectivity index (χ3n) is 5.21. The molecule has 2 aliphatic heterocycles. The summed E-state index contributed by atoms with van der Waals surface area (Å²) in [7, 11) is 0. The van der Waals surface area contributed by atoms with Gasteiger partial charge in [-0.1, -0.05) is 6.92 Å². The van der Waals surface area contributed by atoms with Crippen molar-refractivity contribution < 1.29 is 14.3 Å². The fourth-order valence-electron chi connectivity index (χ4n) is 3.76. The number of benzene rings is 1. The van der Waals surface area contributed by atoms with Crippen LogP contribution in [0, 0.1) is 0 Å². The highest BCUT2D eigenvalue weighted by molar-refractivity contribution is 6.02. The van der Waals surface area contributed by atoms with Gasteiger partial charge in [0.15, 0.2) is 0 Å². The minimum absolute atomic E-state index is 0.0195. The van der Waals surface area contributed by atoms with Gasteiger partial charge in [0.25, 0.3) is 5.91 Å². The molecule has 0 spiro atoms. The lowest BCUT2D eigenvalue weighted by molar-refractivity contribution is -0.116. The van der Waals surface area contributed by atoms with Crippen LogP contribution in [0.15, 0.2) is 18.2 Å². The number of amides is 2. The van der Waals surface area contributed by atoms with Crippen molar-refractivity contribution in [2.75, 3.05) is 36.5 Å². The van der Waals surface area contributed by atoms with Gasteiger partial charge in [0.2, 0.25) is 5.91 Å². The van der Waals surface area contributed by atoms with Gasteiger partial charge in [-0.3, -0.25) is 9.59 Å². The molecule has 0 aliphatic carbocycles. The highest BCUT2D eigenvalue weighted by atomic mass is 16.5. The van der Waals surface area contributed by atoms with Crippen LogP contribution in [0.1, 0.15) is 62.2 Å². The van der Waals surface area contributed by atoms with Gasteiger partial charge >= 0.3 is 0 Å². The molecule has 148 valence electrons. The molecule has 2 N–H and O–H groups in total. The number of nitrogens with zero attached hydrogens (tertiary/aromatic N) is 1. The van der Waals surface area contributed by atoms with Gasteiger partial charge in [-0.2, -0.15) is 0 Å². The second kappa shape index (κ2) is 9.74. The van der Waals surface area contributed by atoms with Crippen molar-refractivity contribution in [3.63, 3.8) is 0 Å². The highest BCUT2D eigenvalue weighted by Crippen LogP contribution is 2.27. The van der Waals surface area contributed by atoms with E-state index in [2.05, 4.69) is 15.5 Å². The number of carbonyl (C=O) groups is 2. The molecule has 6 nitrogen and oxygen atoms in total. The Hall–Kier alpha value is -2.08. The molecule has 0 radical (unpaired) electrons. The number of piperidine rings is 1. The first-order chi connectivity index (χ1) is 13.2. The van der Waals surface area contributed by atoms with Crippen LogP contribution in [0.2, 0.25) is 0 Å². The van der Waals surface area contributed by atoms with Gasteiger partial charge in [-0.05, 0) is 56.7 Å². The summed E-state index contributed by atoms with van der Waals surface area (Å²) in [6.45, 7) is 5.22. The second-order valence-corrected chi connectivity index (χ2v) is 7.42. The zero-order valence-corrected chi connectivity index (χ0v) is 16.3. The van der Waals surface area contributed by atoms with Crippen molar-refractivity contribution in [2.45, 2.75) is 58.0 Å². The van der Waals surface area contributed by atoms with E-state index >= 15 is 0 Å². The fourth-order valence-corrected chi connectivity index (χ4v) is 3.76. The Morgan fingerprint density at radius 1 is 1.19 bits per heavy atom.